The highest BCUT2D eigenvalue weighted by Crippen LogP contribution is 2.28. The van der Waals surface area contributed by atoms with Gasteiger partial charge in [-0.3, -0.25) is 20.3 Å². The van der Waals surface area contributed by atoms with E-state index in [0.717, 1.165) is 5.56 Å². The number of pyridine rings is 1. The van der Waals surface area contributed by atoms with Gasteiger partial charge in [-0.25, -0.2) is 9.97 Å². The number of carbonyl (C=O) groups is 1. The SMILES string of the molecule is CCOC(=O)Cc1csc(NN=Cc2ccc(Oc3ncccc3[N+](=O)[O-])cc2)n1. The van der Waals surface area contributed by atoms with Crippen LogP contribution in [0.1, 0.15) is 18.2 Å². The molecule has 0 radical (unpaired) electrons. The fourth-order valence-corrected chi connectivity index (χ4v) is 2.95. The van der Waals surface area contributed by atoms with Crippen LogP contribution in [0.2, 0.25) is 0 Å². The third-order valence-electron chi connectivity index (χ3n) is 3.60. The molecule has 0 aliphatic rings. The van der Waals surface area contributed by atoms with Crippen LogP contribution in [0.3, 0.4) is 0 Å². The number of anilines is 1. The summed E-state index contributed by atoms with van der Waals surface area (Å²) in [7, 11) is 0. The molecule has 0 amide bonds. The second-order valence-electron chi connectivity index (χ2n) is 5.75. The second kappa shape index (κ2) is 10.1. The Balaban J connectivity index is 1.56. The number of nitro groups is 1. The van der Waals surface area contributed by atoms with Crippen LogP contribution in [0.4, 0.5) is 10.8 Å². The van der Waals surface area contributed by atoms with Gasteiger partial charge in [0, 0.05) is 17.6 Å². The van der Waals surface area contributed by atoms with Gasteiger partial charge in [0.1, 0.15) is 5.75 Å². The first-order valence-corrected chi connectivity index (χ1v) is 9.69. The van der Waals surface area contributed by atoms with Gasteiger partial charge in [0.15, 0.2) is 0 Å². The highest BCUT2D eigenvalue weighted by Gasteiger charge is 2.16. The highest BCUT2D eigenvalue weighted by molar-refractivity contribution is 7.13. The number of rotatable bonds is 9. The molecule has 0 atom stereocenters. The van der Waals surface area contributed by atoms with E-state index in [4.69, 9.17) is 9.47 Å². The van der Waals surface area contributed by atoms with Crippen LogP contribution in [0.15, 0.2) is 53.1 Å². The van der Waals surface area contributed by atoms with Crippen LogP contribution >= 0.6 is 11.3 Å². The normalized spacial score (nSPS) is 10.7. The van der Waals surface area contributed by atoms with Gasteiger partial charge in [-0.1, -0.05) is 0 Å². The Kier molecular flexibility index (Phi) is 7.00. The number of hydrazone groups is 1. The van der Waals surface area contributed by atoms with E-state index in [0.29, 0.717) is 23.2 Å². The van der Waals surface area contributed by atoms with E-state index in [1.54, 1.807) is 42.8 Å². The van der Waals surface area contributed by atoms with Crippen molar-refractivity contribution < 1.29 is 19.2 Å². The number of nitrogens with zero attached hydrogens (tertiary/aromatic N) is 4. The molecule has 2 aromatic heterocycles. The van der Waals surface area contributed by atoms with E-state index in [1.807, 2.05) is 0 Å². The first-order chi connectivity index (χ1) is 14.5. The molecule has 10 nitrogen and oxygen atoms in total. The number of thiazole rings is 1. The molecule has 0 aliphatic heterocycles. The fourth-order valence-electron chi connectivity index (χ4n) is 2.29. The molecule has 0 fully saturated rings. The van der Waals surface area contributed by atoms with Gasteiger partial charge in [-0.2, -0.15) is 5.10 Å². The fraction of sp³-hybridized carbons (Fsp3) is 0.158. The van der Waals surface area contributed by atoms with Crippen LogP contribution < -0.4 is 10.2 Å². The summed E-state index contributed by atoms with van der Waals surface area (Å²) in [5.74, 6) is 0.00890. The topological polar surface area (TPSA) is 129 Å². The molecular formula is C19H17N5O5S. The van der Waals surface area contributed by atoms with Gasteiger partial charge in [0.25, 0.3) is 5.88 Å². The van der Waals surface area contributed by atoms with Gasteiger partial charge >= 0.3 is 11.7 Å². The van der Waals surface area contributed by atoms with E-state index < -0.39 is 4.92 Å². The minimum Gasteiger partial charge on any atom is -0.466 e. The zero-order chi connectivity index (χ0) is 21.3. The summed E-state index contributed by atoms with van der Waals surface area (Å²) in [6.07, 6.45) is 3.12. The lowest BCUT2D eigenvalue weighted by Gasteiger charge is -2.05. The monoisotopic (exact) mass is 427 g/mol. The number of hydrogen-bond donors (Lipinski definition) is 1. The largest absolute Gasteiger partial charge is 0.466 e. The Bertz CT molecular complexity index is 1050. The van der Waals surface area contributed by atoms with Crippen LogP contribution in [0.25, 0.3) is 0 Å². The molecule has 154 valence electrons. The summed E-state index contributed by atoms with van der Waals surface area (Å²) in [5, 5.41) is 17.4. The van der Waals surface area contributed by atoms with E-state index in [1.165, 1.54) is 29.7 Å². The predicted molar refractivity (Wildman–Crippen MR) is 111 cm³/mol. The maximum Gasteiger partial charge on any atom is 0.331 e. The Morgan fingerprint density at radius 2 is 2.13 bits per heavy atom. The first-order valence-electron chi connectivity index (χ1n) is 8.81. The van der Waals surface area contributed by atoms with Gasteiger partial charge in [-0.15, -0.1) is 11.3 Å². The van der Waals surface area contributed by atoms with E-state index in [2.05, 4.69) is 20.5 Å². The number of nitrogens with one attached hydrogen (secondary N) is 1. The van der Waals surface area contributed by atoms with Crippen molar-refractivity contribution in [1.29, 1.82) is 0 Å². The number of hydrogen-bond acceptors (Lipinski definition) is 10. The summed E-state index contributed by atoms with van der Waals surface area (Å²) in [6.45, 7) is 2.09. The maximum absolute atomic E-state index is 11.5. The van der Waals surface area contributed by atoms with Crippen molar-refractivity contribution in [2.24, 2.45) is 5.10 Å². The van der Waals surface area contributed by atoms with Crippen molar-refractivity contribution in [3.63, 3.8) is 0 Å². The lowest BCUT2D eigenvalue weighted by molar-refractivity contribution is -0.386. The number of ether oxygens (including phenoxy) is 2. The minimum atomic E-state index is -0.550. The third-order valence-corrected chi connectivity index (χ3v) is 4.39. The Morgan fingerprint density at radius 1 is 1.33 bits per heavy atom. The van der Waals surface area contributed by atoms with Crippen molar-refractivity contribution in [1.82, 2.24) is 9.97 Å². The second-order valence-corrected chi connectivity index (χ2v) is 6.61. The molecule has 30 heavy (non-hydrogen) atoms. The van der Waals surface area contributed by atoms with Crippen molar-refractivity contribution in [3.05, 3.63) is 69.3 Å². The summed E-state index contributed by atoms with van der Waals surface area (Å²) < 4.78 is 10.4. The molecule has 0 aliphatic carbocycles. The lowest BCUT2D eigenvalue weighted by Crippen LogP contribution is -2.07. The molecule has 1 aromatic carbocycles. The molecule has 0 saturated carbocycles. The summed E-state index contributed by atoms with van der Waals surface area (Å²) >= 11 is 1.33. The zero-order valence-electron chi connectivity index (χ0n) is 15.8. The summed E-state index contributed by atoms with van der Waals surface area (Å²) in [6, 6.07) is 9.58. The lowest BCUT2D eigenvalue weighted by atomic mass is 10.2. The standard InChI is InChI=1S/C19H17N5O5S/c1-2-28-17(25)10-14-12-30-19(22-14)23-21-11-13-5-7-15(8-6-13)29-18-16(24(26)27)4-3-9-20-18/h3-9,11-12H,2,10H2,1H3,(H,22,23). The van der Waals surface area contributed by atoms with Crippen LogP contribution in [-0.2, 0) is 16.0 Å². The Hall–Kier alpha value is -3.86. The van der Waals surface area contributed by atoms with Crippen molar-refractivity contribution in [2.75, 3.05) is 12.0 Å². The van der Waals surface area contributed by atoms with Crippen LogP contribution in [0, 0.1) is 10.1 Å². The van der Waals surface area contributed by atoms with Crippen molar-refractivity contribution in [3.8, 4) is 11.6 Å². The predicted octanol–water partition coefficient (Wildman–Crippen LogP) is 3.79. The zero-order valence-corrected chi connectivity index (χ0v) is 16.7. The molecule has 11 heteroatoms. The summed E-state index contributed by atoms with van der Waals surface area (Å²) in [4.78, 5) is 30.1. The quantitative estimate of drug-likeness (QED) is 0.236. The van der Waals surface area contributed by atoms with Crippen molar-refractivity contribution in [2.45, 2.75) is 13.3 Å². The van der Waals surface area contributed by atoms with Gasteiger partial charge in [0.05, 0.1) is 29.9 Å². The molecule has 0 bridgehead atoms. The van der Waals surface area contributed by atoms with Crippen molar-refractivity contribution >= 4 is 34.3 Å². The molecule has 3 rings (SSSR count). The molecule has 0 saturated heterocycles. The molecule has 0 unspecified atom stereocenters. The van der Waals surface area contributed by atoms with Gasteiger partial charge in [0.2, 0.25) is 5.13 Å². The van der Waals surface area contributed by atoms with Gasteiger partial charge in [-0.05, 0) is 42.8 Å². The molecule has 1 N–H and O–H groups in total. The van der Waals surface area contributed by atoms with Crippen LogP contribution in [-0.4, -0.2) is 33.7 Å². The molecular weight excluding hydrogens is 410 g/mol. The number of esters is 1. The third kappa shape index (κ3) is 5.82. The molecule has 2 heterocycles. The van der Waals surface area contributed by atoms with E-state index in [9.17, 15) is 14.9 Å². The van der Waals surface area contributed by atoms with Gasteiger partial charge < -0.3 is 9.47 Å². The first kappa shape index (κ1) is 20.9. The van der Waals surface area contributed by atoms with Crippen LogP contribution in [0.5, 0.6) is 11.6 Å². The molecule has 3 aromatic rings. The average Bonchev–Trinajstić information content (AvgIpc) is 3.17. The number of carbonyl (C=O) groups excluding carboxylic acids is 1. The minimum absolute atomic E-state index is 0.0759. The average molecular weight is 427 g/mol. The maximum atomic E-state index is 11.5. The smallest absolute Gasteiger partial charge is 0.331 e. The Labute approximate surface area is 175 Å². The molecule has 0 spiro atoms. The Morgan fingerprint density at radius 3 is 2.87 bits per heavy atom. The number of aromatic nitrogens is 2. The van der Waals surface area contributed by atoms with E-state index >= 15 is 0 Å². The summed E-state index contributed by atoms with van der Waals surface area (Å²) in [5.41, 5.74) is 3.98. The highest BCUT2D eigenvalue weighted by atomic mass is 32.1. The number of benzene rings is 1. The van der Waals surface area contributed by atoms with E-state index in [-0.39, 0.29) is 24.0 Å².